The number of esters is 1. The van der Waals surface area contributed by atoms with E-state index in [1.165, 1.54) is 11.3 Å². The molecule has 1 aliphatic rings. The monoisotopic (exact) mass is 430 g/mol. The van der Waals surface area contributed by atoms with Crippen LogP contribution in [0.4, 0.5) is 0 Å². The molecule has 7 heteroatoms. The lowest BCUT2D eigenvalue weighted by Crippen LogP contribution is -2.34. The molecule has 1 unspecified atom stereocenters. The Balaban J connectivity index is 1.43. The Morgan fingerprint density at radius 1 is 1.37 bits per heavy atom. The molecule has 1 fully saturated rings. The Bertz CT molecular complexity index is 824. The number of carbonyl (C=O) groups excluding carboxylic acids is 2. The minimum absolute atomic E-state index is 0.198. The lowest BCUT2D eigenvalue weighted by Gasteiger charge is -2.25. The van der Waals surface area contributed by atoms with Crippen molar-refractivity contribution in [1.29, 1.82) is 0 Å². The Morgan fingerprint density at radius 3 is 2.93 bits per heavy atom. The highest BCUT2D eigenvalue weighted by molar-refractivity contribution is 7.09. The smallest absolute Gasteiger partial charge is 0.357 e. The van der Waals surface area contributed by atoms with E-state index in [-0.39, 0.29) is 24.0 Å². The summed E-state index contributed by atoms with van der Waals surface area (Å²) in [4.78, 5) is 30.3. The van der Waals surface area contributed by atoms with Crippen LogP contribution in [0, 0.1) is 0 Å². The molecular formula is C23H30N2O4S. The van der Waals surface area contributed by atoms with E-state index in [1.54, 1.807) is 12.3 Å². The van der Waals surface area contributed by atoms with Crippen molar-refractivity contribution in [2.45, 2.75) is 64.0 Å². The van der Waals surface area contributed by atoms with E-state index in [4.69, 9.17) is 4.74 Å². The summed E-state index contributed by atoms with van der Waals surface area (Å²) in [6, 6.07) is 10.2. The number of aryl methyl sites for hydroxylation is 1. The molecule has 2 heterocycles. The predicted molar refractivity (Wildman–Crippen MR) is 117 cm³/mol. The third-order valence-corrected chi connectivity index (χ3v) is 6.33. The maximum atomic E-state index is 12.3. The van der Waals surface area contributed by atoms with Gasteiger partial charge < -0.3 is 14.7 Å². The summed E-state index contributed by atoms with van der Waals surface area (Å²) in [5, 5.41) is 13.0. The molecule has 1 saturated heterocycles. The highest BCUT2D eigenvalue weighted by atomic mass is 32.1. The summed E-state index contributed by atoms with van der Waals surface area (Å²) < 4.78 is 4.97. The van der Waals surface area contributed by atoms with Crippen molar-refractivity contribution in [2.24, 2.45) is 0 Å². The lowest BCUT2D eigenvalue weighted by atomic mass is 10.0. The van der Waals surface area contributed by atoms with Crippen LogP contribution in [0.3, 0.4) is 0 Å². The van der Waals surface area contributed by atoms with Gasteiger partial charge in [-0.25, -0.2) is 9.78 Å². The Morgan fingerprint density at radius 2 is 2.17 bits per heavy atom. The van der Waals surface area contributed by atoms with E-state index < -0.39 is 0 Å². The largest absolute Gasteiger partial charge is 0.461 e. The van der Waals surface area contributed by atoms with Crippen LogP contribution >= 0.6 is 11.3 Å². The van der Waals surface area contributed by atoms with E-state index >= 15 is 0 Å². The number of aromatic nitrogens is 1. The number of hydrogen-bond acceptors (Lipinski definition) is 6. The number of likely N-dealkylation sites (tertiary alicyclic amines) is 1. The lowest BCUT2D eigenvalue weighted by molar-refractivity contribution is -0.129. The SMILES string of the molecule is CCOC(=O)c1csc(CCCN2C(=O)CC[C@@H]2CCC(O)Cc2ccccc2)n1. The maximum absolute atomic E-state index is 12.3. The Labute approximate surface area is 181 Å². The number of amides is 1. The molecule has 6 nitrogen and oxygen atoms in total. The molecule has 2 aromatic rings. The van der Waals surface area contributed by atoms with Crippen molar-refractivity contribution in [3.8, 4) is 0 Å². The van der Waals surface area contributed by atoms with Gasteiger partial charge in [0, 0.05) is 30.8 Å². The first-order valence-corrected chi connectivity index (χ1v) is 11.6. The zero-order valence-electron chi connectivity index (χ0n) is 17.5. The number of thiazole rings is 1. The molecular weight excluding hydrogens is 400 g/mol. The molecule has 0 spiro atoms. The molecule has 2 atom stereocenters. The quantitative estimate of drug-likeness (QED) is 0.551. The standard InChI is InChI=1S/C23H30N2O4S/c1-2-29-23(28)20-16-30-21(24-20)9-6-14-25-18(11-13-22(25)27)10-12-19(26)15-17-7-4-3-5-8-17/h3-5,7-8,16,18-19,26H,2,6,9-15H2,1H3/t18-,19?/m0/s1. The topological polar surface area (TPSA) is 79.7 Å². The fourth-order valence-corrected chi connectivity index (χ4v) is 4.71. The Kier molecular flexibility index (Phi) is 8.39. The van der Waals surface area contributed by atoms with Crippen molar-refractivity contribution in [2.75, 3.05) is 13.2 Å². The summed E-state index contributed by atoms with van der Waals surface area (Å²) in [6.45, 7) is 2.80. The fraction of sp³-hybridized carbons (Fsp3) is 0.522. The van der Waals surface area contributed by atoms with Crippen molar-refractivity contribution in [3.63, 3.8) is 0 Å². The second-order valence-corrected chi connectivity index (χ2v) is 8.59. The van der Waals surface area contributed by atoms with Gasteiger partial charge >= 0.3 is 5.97 Å². The molecule has 0 aliphatic carbocycles. The molecule has 1 aromatic heterocycles. The van der Waals surface area contributed by atoms with E-state index in [0.717, 1.165) is 36.3 Å². The molecule has 0 saturated carbocycles. The normalized spacial score (nSPS) is 17.3. The molecule has 3 rings (SSSR count). The van der Waals surface area contributed by atoms with Crippen LogP contribution in [0.2, 0.25) is 0 Å². The summed E-state index contributed by atoms with van der Waals surface area (Å²) in [5.41, 5.74) is 1.49. The molecule has 1 amide bonds. The zero-order valence-corrected chi connectivity index (χ0v) is 18.3. The maximum Gasteiger partial charge on any atom is 0.357 e. The van der Waals surface area contributed by atoms with Gasteiger partial charge in [-0.15, -0.1) is 11.3 Å². The van der Waals surface area contributed by atoms with Crippen molar-refractivity contribution in [1.82, 2.24) is 9.88 Å². The van der Waals surface area contributed by atoms with Gasteiger partial charge in [-0.2, -0.15) is 0 Å². The number of aliphatic hydroxyl groups is 1. The van der Waals surface area contributed by atoms with Crippen LogP contribution in [-0.2, 0) is 22.4 Å². The number of aliphatic hydroxyl groups excluding tert-OH is 1. The van der Waals surface area contributed by atoms with Crippen LogP contribution in [0.1, 0.15) is 60.1 Å². The van der Waals surface area contributed by atoms with Gasteiger partial charge in [0.2, 0.25) is 5.91 Å². The number of hydrogen-bond donors (Lipinski definition) is 1. The highest BCUT2D eigenvalue weighted by Gasteiger charge is 2.30. The zero-order chi connectivity index (χ0) is 21.3. The Hall–Kier alpha value is -2.25. The van der Waals surface area contributed by atoms with Gasteiger partial charge in [0.1, 0.15) is 0 Å². The molecule has 0 bridgehead atoms. The van der Waals surface area contributed by atoms with Gasteiger partial charge in [-0.05, 0) is 44.6 Å². The molecule has 0 radical (unpaired) electrons. The molecule has 1 aliphatic heterocycles. The number of ether oxygens (including phenoxy) is 1. The van der Waals surface area contributed by atoms with E-state index in [9.17, 15) is 14.7 Å². The number of benzene rings is 1. The number of carbonyl (C=O) groups is 2. The molecule has 1 aromatic carbocycles. The highest BCUT2D eigenvalue weighted by Crippen LogP contribution is 2.24. The minimum Gasteiger partial charge on any atom is -0.461 e. The summed E-state index contributed by atoms with van der Waals surface area (Å²) in [6.07, 6.45) is 4.77. The second kappa shape index (κ2) is 11.2. The average Bonchev–Trinajstić information content (AvgIpc) is 3.35. The first kappa shape index (κ1) is 22.4. The van der Waals surface area contributed by atoms with Crippen molar-refractivity contribution >= 4 is 23.2 Å². The van der Waals surface area contributed by atoms with Crippen LogP contribution in [0.5, 0.6) is 0 Å². The van der Waals surface area contributed by atoms with Crippen LogP contribution in [-0.4, -0.2) is 52.2 Å². The van der Waals surface area contributed by atoms with Crippen molar-refractivity contribution in [3.05, 3.63) is 52.0 Å². The minimum atomic E-state index is -0.387. The third-order valence-electron chi connectivity index (χ3n) is 5.43. The van der Waals surface area contributed by atoms with E-state index in [0.29, 0.717) is 38.1 Å². The molecule has 1 N–H and O–H groups in total. The average molecular weight is 431 g/mol. The summed E-state index contributed by atoms with van der Waals surface area (Å²) in [5.74, 6) is -0.187. The van der Waals surface area contributed by atoms with Crippen LogP contribution in [0.15, 0.2) is 35.7 Å². The second-order valence-electron chi connectivity index (χ2n) is 7.65. The van der Waals surface area contributed by atoms with Gasteiger partial charge in [0.05, 0.1) is 17.7 Å². The third kappa shape index (κ3) is 6.37. The summed E-state index contributed by atoms with van der Waals surface area (Å²) in [7, 11) is 0. The van der Waals surface area contributed by atoms with Gasteiger partial charge in [-0.1, -0.05) is 30.3 Å². The molecule has 162 valence electrons. The van der Waals surface area contributed by atoms with Gasteiger partial charge in [0.25, 0.3) is 0 Å². The first-order valence-electron chi connectivity index (χ1n) is 10.7. The first-order chi connectivity index (χ1) is 14.6. The number of rotatable bonds is 11. The van der Waals surface area contributed by atoms with Crippen LogP contribution < -0.4 is 0 Å². The van der Waals surface area contributed by atoms with E-state index in [2.05, 4.69) is 4.98 Å². The van der Waals surface area contributed by atoms with Crippen molar-refractivity contribution < 1.29 is 19.4 Å². The number of nitrogens with zero attached hydrogens (tertiary/aromatic N) is 2. The van der Waals surface area contributed by atoms with Gasteiger partial charge in [-0.3, -0.25) is 4.79 Å². The van der Waals surface area contributed by atoms with E-state index in [1.807, 2.05) is 35.2 Å². The van der Waals surface area contributed by atoms with Crippen LogP contribution in [0.25, 0.3) is 0 Å². The van der Waals surface area contributed by atoms with Gasteiger partial charge in [0.15, 0.2) is 5.69 Å². The fourth-order valence-electron chi connectivity index (χ4n) is 3.90. The predicted octanol–water partition coefficient (Wildman–Crippen LogP) is 3.63. The molecule has 30 heavy (non-hydrogen) atoms. The summed E-state index contributed by atoms with van der Waals surface area (Å²) >= 11 is 1.45.